The number of carbonyl (C=O) groups is 6. The Morgan fingerprint density at radius 1 is 0.400 bits per heavy atom. The molecule has 0 aliphatic heterocycles. The van der Waals surface area contributed by atoms with E-state index in [1.807, 2.05) is 36.4 Å². The molecule has 3 amide bonds. The molecule has 0 aromatic heterocycles. The fraction of sp³-hybridized carbons (Fsp3) is 0.538. The molecule has 0 unspecified atom stereocenters. The van der Waals surface area contributed by atoms with Crippen LogP contribution in [0, 0.1) is 0 Å². The standard InChI is InChI=1S/C52H79N9O9/c1-47(2,3)68-44(65)50(56,28-10-13-31-53)41(62)59-37-22-16-34(17-23-37)40(35-18-24-38(25-19-35)60-42(63)51(57,29-11-14-32-54)45(66)69-48(4,5)6)36-20-26-39(27-21-36)61-43(64)52(58,30-12-15-33-55)46(67)70-49(7,8)9/h16-27,40H,10-15,28-33,53-58H2,1-9H3,(H,59,62)(H,60,63)(H,61,64)/t50-,51-,52-/m1/s1. The Balaban J connectivity index is 2.07. The van der Waals surface area contributed by atoms with Crippen molar-refractivity contribution in [2.75, 3.05) is 35.6 Å². The van der Waals surface area contributed by atoms with E-state index in [9.17, 15) is 28.8 Å². The van der Waals surface area contributed by atoms with E-state index in [0.29, 0.717) is 75.2 Å². The van der Waals surface area contributed by atoms with Crippen molar-refractivity contribution in [1.29, 1.82) is 0 Å². The summed E-state index contributed by atoms with van der Waals surface area (Å²) in [6, 6.07) is 20.9. The Morgan fingerprint density at radius 2 is 0.614 bits per heavy atom. The Morgan fingerprint density at radius 3 is 0.800 bits per heavy atom. The first-order valence-corrected chi connectivity index (χ1v) is 23.9. The molecule has 0 heterocycles. The molecule has 0 fully saturated rings. The zero-order valence-corrected chi connectivity index (χ0v) is 42.6. The number of esters is 3. The van der Waals surface area contributed by atoms with E-state index in [2.05, 4.69) is 16.0 Å². The van der Waals surface area contributed by atoms with Crippen molar-refractivity contribution in [2.45, 2.75) is 159 Å². The summed E-state index contributed by atoms with van der Waals surface area (Å²) in [5.41, 5.74) is 31.4. The average molecular weight is 974 g/mol. The third-order valence-electron chi connectivity index (χ3n) is 11.1. The number of nitrogens with one attached hydrogen (secondary N) is 3. The Hall–Kier alpha value is -5.76. The van der Waals surface area contributed by atoms with Crippen LogP contribution in [-0.2, 0) is 43.0 Å². The number of carbonyl (C=O) groups excluding carboxylic acids is 6. The molecule has 0 saturated carbocycles. The summed E-state index contributed by atoms with van der Waals surface area (Å²) < 4.78 is 16.7. The normalized spacial score (nSPS) is 14.6. The number of nitrogens with two attached hydrogens (primary N) is 6. The van der Waals surface area contributed by atoms with E-state index >= 15 is 0 Å². The summed E-state index contributed by atoms with van der Waals surface area (Å²) in [6.45, 7) is 16.3. The Labute approximate surface area is 413 Å². The molecule has 0 radical (unpaired) electrons. The second-order valence-electron chi connectivity index (χ2n) is 20.8. The van der Waals surface area contributed by atoms with Crippen molar-refractivity contribution in [2.24, 2.45) is 34.4 Å². The van der Waals surface area contributed by atoms with Crippen LogP contribution in [0.5, 0.6) is 0 Å². The molecule has 18 heteroatoms. The van der Waals surface area contributed by atoms with Gasteiger partial charge in [-0.1, -0.05) is 36.4 Å². The van der Waals surface area contributed by atoms with E-state index in [1.54, 1.807) is 98.7 Å². The largest absolute Gasteiger partial charge is 0.458 e. The van der Waals surface area contributed by atoms with Gasteiger partial charge in [0.15, 0.2) is 16.6 Å². The molecular formula is C52H79N9O9. The van der Waals surface area contributed by atoms with Crippen molar-refractivity contribution < 1.29 is 43.0 Å². The topological polar surface area (TPSA) is 322 Å². The highest BCUT2D eigenvalue weighted by atomic mass is 16.6. The lowest BCUT2D eigenvalue weighted by Gasteiger charge is -2.30. The van der Waals surface area contributed by atoms with Gasteiger partial charge in [-0.25, -0.2) is 14.4 Å². The van der Waals surface area contributed by atoms with Crippen LogP contribution in [0.3, 0.4) is 0 Å². The Bertz CT molecular complexity index is 1980. The molecule has 0 spiro atoms. The number of hydrogen-bond donors (Lipinski definition) is 9. The highest BCUT2D eigenvalue weighted by molar-refractivity contribution is 6.14. The fourth-order valence-corrected chi connectivity index (χ4v) is 7.26. The minimum absolute atomic E-state index is 0.0150. The molecule has 15 N–H and O–H groups in total. The van der Waals surface area contributed by atoms with Gasteiger partial charge in [-0.2, -0.15) is 0 Å². The number of unbranched alkanes of at least 4 members (excludes halogenated alkanes) is 3. The maximum absolute atomic E-state index is 13.8. The van der Waals surface area contributed by atoms with E-state index in [0.717, 1.165) is 16.7 Å². The lowest BCUT2D eigenvalue weighted by molar-refractivity contribution is -0.165. The van der Waals surface area contributed by atoms with Crippen LogP contribution >= 0.6 is 0 Å². The van der Waals surface area contributed by atoms with E-state index in [1.165, 1.54) is 0 Å². The number of amides is 3. The van der Waals surface area contributed by atoms with Gasteiger partial charge in [0.2, 0.25) is 0 Å². The third kappa shape index (κ3) is 17.0. The van der Waals surface area contributed by atoms with Crippen LogP contribution in [0.25, 0.3) is 0 Å². The first-order chi connectivity index (χ1) is 32.5. The number of ether oxygens (including phenoxy) is 3. The predicted molar refractivity (Wildman–Crippen MR) is 273 cm³/mol. The zero-order valence-electron chi connectivity index (χ0n) is 42.6. The summed E-state index contributed by atoms with van der Waals surface area (Å²) in [6.07, 6.45) is 2.96. The van der Waals surface area contributed by atoms with Crippen LogP contribution in [0.15, 0.2) is 72.8 Å². The summed E-state index contributed by atoms with van der Waals surface area (Å²) in [5, 5.41) is 8.38. The molecule has 386 valence electrons. The van der Waals surface area contributed by atoms with Gasteiger partial charge in [0.05, 0.1) is 0 Å². The molecule has 3 aromatic carbocycles. The monoisotopic (exact) mass is 974 g/mol. The number of anilines is 3. The van der Waals surface area contributed by atoms with Crippen molar-refractivity contribution in [3.05, 3.63) is 89.5 Å². The number of benzene rings is 3. The number of rotatable bonds is 24. The highest BCUT2D eigenvalue weighted by Crippen LogP contribution is 2.35. The molecule has 3 rings (SSSR count). The maximum Gasteiger partial charge on any atom is 0.336 e. The highest BCUT2D eigenvalue weighted by Gasteiger charge is 2.47. The van der Waals surface area contributed by atoms with Crippen molar-refractivity contribution in [3.8, 4) is 0 Å². The molecule has 3 atom stereocenters. The van der Waals surface area contributed by atoms with Gasteiger partial charge in [-0.05, 0) is 193 Å². The molecule has 0 aliphatic rings. The van der Waals surface area contributed by atoms with Crippen molar-refractivity contribution in [1.82, 2.24) is 0 Å². The third-order valence-corrected chi connectivity index (χ3v) is 11.1. The lowest BCUT2D eigenvalue weighted by Crippen LogP contribution is -2.59. The van der Waals surface area contributed by atoms with Gasteiger partial charge >= 0.3 is 17.9 Å². The van der Waals surface area contributed by atoms with E-state index in [-0.39, 0.29) is 19.3 Å². The van der Waals surface area contributed by atoms with Crippen LogP contribution in [0.2, 0.25) is 0 Å². The van der Waals surface area contributed by atoms with Gasteiger partial charge < -0.3 is 64.6 Å². The minimum Gasteiger partial charge on any atom is -0.458 e. The van der Waals surface area contributed by atoms with Gasteiger partial charge in [-0.15, -0.1) is 0 Å². The van der Waals surface area contributed by atoms with Crippen LogP contribution < -0.4 is 50.4 Å². The van der Waals surface area contributed by atoms with Gasteiger partial charge in [-0.3, -0.25) is 14.4 Å². The number of hydrogen-bond acceptors (Lipinski definition) is 15. The van der Waals surface area contributed by atoms with Gasteiger partial charge in [0.1, 0.15) is 16.8 Å². The molecular weight excluding hydrogens is 895 g/mol. The summed E-state index contributed by atoms with van der Waals surface area (Å²) in [5.74, 6) is -5.26. The molecule has 70 heavy (non-hydrogen) atoms. The van der Waals surface area contributed by atoms with Gasteiger partial charge in [0.25, 0.3) is 17.7 Å². The van der Waals surface area contributed by atoms with E-state index in [4.69, 9.17) is 48.6 Å². The quantitative estimate of drug-likeness (QED) is 0.0183. The molecule has 3 aromatic rings. The fourth-order valence-electron chi connectivity index (χ4n) is 7.26. The summed E-state index contributed by atoms with van der Waals surface area (Å²) >= 11 is 0. The zero-order chi connectivity index (χ0) is 52.7. The molecule has 0 saturated heterocycles. The SMILES string of the molecule is CC(C)(C)OC(=O)[C@@](N)(CCCCN)C(=O)Nc1ccc(C(c2ccc(NC(=O)[C@](N)(CCCCN)C(=O)OC(C)(C)C)cc2)c2ccc(NC(=O)[C@](N)(CCCCN)C(=O)OC(C)(C)C)cc2)cc1. The summed E-state index contributed by atoms with van der Waals surface area (Å²) in [4.78, 5) is 81.4. The summed E-state index contributed by atoms with van der Waals surface area (Å²) in [7, 11) is 0. The van der Waals surface area contributed by atoms with Crippen molar-refractivity contribution in [3.63, 3.8) is 0 Å². The smallest absolute Gasteiger partial charge is 0.336 e. The molecule has 18 nitrogen and oxygen atoms in total. The second kappa shape index (κ2) is 24.9. The first kappa shape index (κ1) is 58.6. The van der Waals surface area contributed by atoms with Crippen LogP contribution in [0.1, 0.15) is 143 Å². The molecule has 0 bridgehead atoms. The minimum atomic E-state index is -1.99. The Kier molecular flexibility index (Phi) is 20.8. The van der Waals surface area contributed by atoms with Crippen LogP contribution in [-0.4, -0.2) is 88.7 Å². The van der Waals surface area contributed by atoms with E-state index < -0.39 is 75.0 Å². The predicted octanol–water partition coefficient (Wildman–Crippen LogP) is 5.19. The van der Waals surface area contributed by atoms with Crippen LogP contribution in [0.4, 0.5) is 17.1 Å². The van der Waals surface area contributed by atoms with Crippen molar-refractivity contribution >= 4 is 52.7 Å². The second-order valence-corrected chi connectivity index (χ2v) is 20.8. The average Bonchev–Trinajstić information content (AvgIpc) is 3.26. The lowest BCUT2D eigenvalue weighted by atomic mass is 9.84. The van der Waals surface area contributed by atoms with Gasteiger partial charge in [0, 0.05) is 23.0 Å². The first-order valence-electron chi connectivity index (χ1n) is 23.9. The molecule has 0 aliphatic carbocycles. The maximum atomic E-state index is 13.8.